The van der Waals surface area contributed by atoms with E-state index in [1.54, 1.807) is 108 Å². The van der Waals surface area contributed by atoms with E-state index in [4.69, 9.17) is 28.3 Å². The van der Waals surface area contributed by atoms with E-state index >= 15 is 0 Å². The lowest BCUT2D eigenvalue weighted by Crippen LogP contribution is -2.41. The van der Waals surface area contributed by atoms with Crippen molar-refractivity contribution in [2.75, 3.05) is 6.61 Å². The highest BCUT2D eigenvalue weighted by Crippen LogP contribution is 2.43. The van der Waals surface area contributed by atoms with Gasteiger partial charge in [-0.1, -0.05) is 72.8 Å². The van der Waals surface area contributed by atoms with Crippen LogP contribution in [0.3, 0.4) is 0 Å². The van der Waals surface area contributed by atoms with Crippen molar-refractivity contribution in [3.05, 3.63) is 163 Å². The summed E-state index contributed by atoms with van der Waals surface area (Å²) in [6.45, 7) is -0.342. The van der Waals surface area contributed by atoms with E-state index in [1.165, 1.54) is 6.33 Å². The third-order valence-electron chi connectivity index (χ3n) is 9.48. The fourth-order valence-corrected chi connectivity index (χ4v) is 6.92. The van der Waals surface area contributed by atoms with Gasteiger partial charge in [-0.2, -0.15) is 0 Å². The van der Waals surface area contributed by atoms with Gasteiger partial charge in [-0.05, 0) is 54.6 Å². The van der Waals surface area contributed by atoms with Crippen LogP contribution in [-0.2, 0) is 18.9 Å². The number of rotatable bonds is 9. The molecule has 0 bridgehead atoms. The third-order valence-corrected chi connectivity index (χ3v) is 9.48. The second-order valence-electron chi connectivity index (χ2n) is 12.8. The molecule has 12 nitrogen and oxygen atoms in total. The van der Waals surface area contributed by atoms with Crippen molar-refractivity contribution in [1.82, 2.24) is 19.5 Å². The number of carbonyl (C=O) groups is 3. The van der Waals surface area contributed by atoms with Crippen molar-refractivity contribution in [2.45, 2.75) is 24.5 Å². The molecule has 0 spiro atoms. The van der Waals surface area contributed by atoms with Crippen molar-refractivity contribution >= 4 is 50.8 Å². The summed E-state index contributed by atoms with van der Waals surface area (Å²) < 4.78 is 32.9. The lowest BCUT2D eigenvalue weighted by molar-refractivity contribution is -0.0588. The number of fused-ring (bicyclic) bond motifs is 4. The Hall–Kier alpha value is -7.18. The van der Waals surface area contributed by atoms with Crippen LogP contribution in [-0.4, -0.2) is 62.3 Å². The lowest BCUT2D eigenvalue weighted by atomic mass is 10.1. The fourth-order valence-electron chi connectivity index (χ4n) is 6.92. The summed E-state index contributed by atoms with van der Waals surface area (Å²) in [5, 5.41) is 2.25. The molecule has 0 radical (unpaired) electrons. The van der Waals surface area contributed by atoms with Crippen molar-refractivity contribution in [3.63, 3.8) is 0 Å². The van der Waals surface area contributed by atoms with Crippen LogP contribution in [0.4, 0.5) is 0 Å². The van der Waals surface area contributed by atoms with Gasteiger partial charge in [0.15, 0.2) is 24.2 Å². The van der Waals surface area contributed by atoms with Crippen molar-refractivity contribution in [3.8, 4) is 11.5 Å². The van der Waals surface area contributed by atoms with E-state index in [0.717, 1.165) is 10.8 Å². The number of nitrogens with zero attached hydrogens (tertiary/aromatic N) is 4. The van der Waals surface area contributed by atoms with Crippen LogP contribution >= 0.6 is 0 Å². The fraction of sp³-hybridized carbons (Fsp3) is 0.116. The first-order valence-electron chi connectivity index (χ1n) is 17.5. The standard InChI is InChI=1S/C43H30N4O8/c48-41(26-12-4-1-5-13-26)51-24-34-37(54-42(49)27-14-6-2-7-15-27)38(55-43(50)28-16-8-3-9-17-28)40(53-34)47-31-23-44-21-20-30(31)35-36(45-25-46-39(35)47)33-22-29-18-10-11-19-32(29)52-33/h1-23,25,34,37-38,40H,24H2/t34-,37-,38-,40-/m1/s1. The number of ether oxygens (including phenoxy) is 4. The normalized spacial score (nSPS) is 18.0. The van der Waals surface area contributed by atoms with Gasteiger partial charge in [0.2, 0.25) is 0 Å². The monoisotopic (exact) mass is 730 g/mol. The molecule has 270 valence electrons. The Labute approximate surface area is 312 Å². The SMILES string of the molecule is O=C(OC[C@H]1O[C@@H](n2c3cnccc3c3c(-c4cc5ccccc5o4)ncnc32)[C@H](OC(=O)c2ccccc2)[C@@H]1OC(=O)c1ccccc1)c1ccccc1. The van der Waals surface area contributed by atoms with E-state index in [0.29, 0.717) is 39.2 Å². The molecule has 8 aromatic rings. The number of hydrogen-bond donors (Lipinski definition) is 0. The van der Waals surface area contributed by atoms with E-state index in [9.17, 15) is 14.4 Å². The Morgan fingerprint density at radius 1 is 0.691 bits per heavy atom. The number of para-hydroxylation sites is 1. The van der Waals surface area contributed by atoms with Gasteiger partial charge in [-0.3, -0.25) is 9.55 Å². The summed E-state index contributed by atoms with van der Waals surface area (Å²) in [4.78, 5) is 54.6. The molecule has 12 heteroatoms. The minimum absolute atomic E-state index is 0.267. The molecule has 1 saturated heterocycles. The second-order valence-corrected chi connectivity index (χ2v) is 12.8. The number of furan rings is 1. The molecule has 9 rings (SSSR count). The number of carbonyl (C=O) groups excluding carboxylic acids is 3. The molecule has 4 aromatic carbocycles. The number of pyridine rings is 1. The Morgan fingerprint density at radius 3 is 1.98 bits per heavy atom. The second kappa shape index (κ2) is 14.3. The minimum atomic E-state index is -1.27. The van der Waals surface area contributed by atoms with Gasteiger partial charge in [0, 0.05) is 17.0 Å². The van der Waals surface area contributed by atoms with Crippen molar-refractivity contribution in [1.29, 1.82) is 0 Å². The highest BCUT2D eigenvalue weighted by molar-refractivity contribution is 6.12. The summed E-state index contributed by atoms with van der Waals surface area (Å²) in [6.07, 6.45) is -0.0739. The summed E-state index contributed by atoms with van der Waals surface area (Å²) in [6, 6.07) is 36.8. The molecule has 4 aromatic heterocycles. The van der Waals surface area contributed by atoms with E-state index in [-0.39, 0.29) is 17.7 Å². The summed E-state index contributed by atoms with van der Waals surface area (Å²) in [7, 11) is 0. The number of esters is 3. The van der Waals surface area contributed by atoms with Crippen LogP contribution in [0.1, 0.15) is 37.3 Å². The van der Waals surface area contributed by atoms with Crippen LogP contribution in [0.2, 0.25) is 0 Å². The lowest BCUT2D eigenvalue weighted by Gasteiger charge is -2.25. The molecule has 4 atom stereocenters. The predicted molar refractivity (Wildman–Crippen MR) is 200 cm³/mol. The maximum atomic E-state index is 13.9. The molecular weight excluding hydrogens is 700 g/mol. The quantitative estimate of drug-likeness (QED) is 0.107. The van der Waals surface area contributed by atoms with Crippen LogP contribution in [0.25, 0.3) is 44.4 Å². The highest BCUT2D eigenvalue weighted by Gasteiger charge is 2.52. The van der Waals surface area contributed by atoms with Crippen molar-refractivity contribution in [2.24, 2.45) is 0 Å². The largest absolute Gasteiger partial charge is 0.459 e. The Bertz CT molecular complexity index is 2650. The molecule has 0 saturated carbocycles. The van der Waals surface area contributed by atoms with Gasteiger partial charge in [0.05, 0.1) is 33.8 Å². The van der Waals surface area contributed by atoms with Gasteiger partial charge >= 0.3 is 17.9 Å². The predicted octanol–water partition coefficient (Wildman–Crippen LogP) is 7.60. The average Bonchev–Trinajstić information content (AvgIpc) is 3.92. The number of benzene rings is 4. The molecule has 1 aliphatic rings. The minimum Gasteiger partial charge on any atom is -0.459 e. The summed E-state index contributed by atoms with van der Waals surface area (Å²) >= 11 is 0. The zero-order chi connectivity index (χ0) is 37.3. The Morgan fingerprint density at radius 2 is 1.31 bits per heavy atom. The van der Waals surface area contributed by atoms with Crippen molar-refractivity contribution < 1.29 is 37.7 Å². The maximum absolute atomic E-state index is 13.9. The van der Waals surface area contributed by atoms with Gasteiger partial charge in [0.25, 0.3) is 0 Å². The van der Waals surface area contributed by atoms with Gasteiger partial charge in [0.1, 0.15) is 36.0 Å². The third kappa shape index (κ3) is 6.34. The van der Waals surface area contributed by atoms with E-state index in [2.05, 4.69) is 9.97 Å². The summed E-state index contributed by atoms with van der Waals surface area (Å²) in [5.41, 5.74) is 3.05. The van der Waals surface area contributed by atoms with E-state index in [1.807, 2.05) is 36.4 Å². The molecular formula is C43H30N4O8. The molecule has 5 heterocycles. The van der Waals surface area contributed by atoms with Crippen LogP contribution in [0.15, 0.2) is 151 Å². The van der Waals surface area contributed by atoms with Crippen LogP contribution in [0, 0.1) is 0 Å². The molecule has 55 heavy (non-hydrogen) atoms. The van der Waals surface area contributed by atoms with Gasteiger partial charge in [-0.15, -0.1) is 0 Å². The topological polar surface area (TPSA) is 145 Å². The summed E-state index contributed by atoms with van der Waals surface area (Å²) in [5.74, 6) is -1.46. The molecule has 0 N–H and O–H groups in total. The van der Waals surface area contributed by atoms with E-state index < -0.39 is 42.4 Å². The molecule has 1 aliphatic heterocycles. The average molecular weight is 731 g/mol. The zero-order valence-electron chi connectivity index (χ0n) is 28.9. The van der Waals surface area contributed by atoms with Crippen LogP contribution in [0.5, 0.6) is 0 Å². The molecule has 0 amide bonds. The first kappa shape index (κ1) is 33.6. The number of hydrogen-bond acceptors (Lipinski definition) is 11. The highest BCUT2D eigenvalue weighted by atomic mass is 16.7. The smallest absolute Gasteiger partial charge is 0.338 e. The zero-order valence-corrected chi connectivity index (χ0v) is 28.9. The molecule has 1 fully saturated rings. The first-order valence-corrected chi connectivity index (χ1v) is 17.5. The first-order chi connectivity index (χ1) is 27.0. The Kier molecular flexibility index (Phi) is 8.77. The maximum Gasteiger partial charge on any atom is 0.338 e. The van der Waals surface area contributed by atoms with Crippen LogP contribution < -0.4 is 0 Å². The Balaban J connectivity index is 1.19. The molecule has 0 aliphatic carbocycles. The number of aromatic nitrogens is 4. The molecule has 0 unspecified atom stereocenters. The van der Waals surface area contributed by atoms with Gasteiger partial charge in [-0.25, -0.2) is 24.4 Å². The van der Waals surface area contributed by atoms with Gasteiger partial charge < -0.3 is 23.4 Å².